The second kappa shape index (κ2) is 4.75. The standard InChI is InChI=1S/C13H15F2NO3/c1-8-10(4-7-16(11(8)17)12(18)19)9-2-5-13(14,15)6-3-9/h4,7,9H,2-3,5-6H2,1H3,(H,18,19). The molecule has 1 fully saturated rings. The van der Waals surface area contributed by atoms with Crippen LogP contribution in [0.1, 0.15) is 42.7 Å². The van der Waals surface area contributed by atoms with E-state index in [1.165, 1.54) is 6.20 Å². The fourth-order valence-electron chi connectivity index (χ4n) is 2.60. The van der Waals surface area contributed by atoms with E-state index >= 15 is 0 Å². The van der Waals surface area contributed by atoms with Gasteiger partial charge in [-0.1, -0.05) is 0 Å². The van der Waals surface area contributed by atoms with Crippen LogP contribution in [0.3, 0.4) is 0 Å². The average Bonchev–Trinajstić information content (AvgIpc) is 2.33. The highest BCUT2D eigenvalue weighted by atomic mass is 19.3. The van der Waals surface area contributed by atoms with E-state index in [4.69, 9.17) is 5.11 Å². The zero-order valence-corrected chi connectivity index (χ0v) is 10.5. The molecule has 1 aromatic rings. The molecular weight excluding hydrogens is 256 g/mol. The van der Waals surface area contributed by atoms with Crippen LogP contribution in [0, 0.1) is 6.92 Å². The minimum Gasteiger partial charge on any atom is -0.464 e. The molecule has 1 heterocycles. The lowest BCUT2D eigenvalue weighted by molar-refractivity contribution is -0.0382. The molecule has 1 aliphatic rings. The topological polar surface area (TPSA) is 59.3 Å². The number of halogens is 2. The van der Waals surface area contributed by atoms with Crippen molar-refractivity contribution in [3.8, 4) is 0 Å². The van der Waals surface area contributed by atoms with Crippen LogP contribution in [0.15, 0.2) is 17.1 Å². The van der Waals surface area contributed by atoms with Crippen LogP contribution in [0.2, 0.25) is 0 Å². The predicted molar refractivity (Wildman–Crippen MR) is 65.0 cm³/mol. The number of carbonyl (C=O) groups is 1. The largest absolute Gasteiger partial charge is 0.464 e. The molecule has 0 bridgehead atoms. The Hall–Kier alpha value is -1.72. The van der Waals surface area contributed by atoms with Gasteiger partial charge in [-0.3, -0.25) is 4.79 Å². The number of hydrogen-bond acceptors (Lipinski definition) is 2. The smallest absolute Gasteiger partial charge is 0.418 e. The van der Waals surface area contributed by atoms with E-state index in [1.54, 1.807) is 13.0 Å². The van der Waals surface area contributed by atoms with Crippen molar-refractivity contribution in [1.29, 1.82) is 0 Å². The summed E-state index contributed by atoms with van der Waals surface area (Å²) in [5.74, 6) is -2.70. The van der Waals surface area contributed by atoms with Gasteiger partial charge in [-0.25, -0.2) is 18.1 Å². The first-order chi connectivity index (χ1) is 8.82. The van der Waals surface area contributed by atoms with E-state index in [-0.39, 0.29) is 18.8 Å². The number of nitrogens with zero attached hydrogens (tertiary/aromatic N) is 1. The van der Waals surface area contributed by atoms with Gasteiger partial charge in [0.2, 0.25) is 5.92 Å². The monoisotopic (exact) mass is 271 g/mol. The Kier molecular flexibility index (Phi) is 3.43. The van der Waals surface area contributed by atoms with Gasteiger partial charge in [-0.05, 0) is 37.3 Å². The van der Waals surface area contributed by atoms with Crippen molar-refractivity contribution < 1.29 is 18.7 Å². The van der Waals surface area contributed by atoms with Crippen molar-refractivity contribution in [1.82, 2.24) is 4.57 Å². The minimum atomic E-state index is -2.61. The highest BCUT2D eigenvalue weighted by molar-refractivity contribution is 5.68. The average molecular weight is 271 g/mol. The van der Waals surface area contributed by atoms with Crippen LogP contribution in [-0.2, 0) is 0 Å². The molecule has 0 saturated heterocycles. The Morgan fingerprint density at radius 3 is 2.53 bits per heavy atom. The lowest BCUT2D eigenvalue weighted by Gasteiger charge is -2.29. The lowest BCUT2D eigenvalue weighted by atomic mass is 9.81. The maximum Gasteiger partial charge on any atom is 0.418 e. The molecule has 0 radical (unpaired) electrons. The van der Waals surface area contributed by atoms with Crippen LogP contribution in [-0.4, -0.2) is 21.7 Å². The third-order valence-electron chi connectivity index (χ3n) is 3.74. The SMILES string of the molecule is Cc1c(C2CCC(F)(F)CC2)ccn(C(=O)O)c1=O. The Balaban J connectivity index is 2.30. The molecule has 6 heteroatoms. The summed E-state index contributed by atoms with van der Waals surface area (Å²) >= 11 is 0. The van der Waals surface area contributed by atoms with Crippen LogP contribution in [0.25, 0.3) is 0 Å². The number of aromatic nitrogens is 1. The fraction of sp³-hybridized carbons (Fsp3) is 0.538. The van der Waals surface area contributed by atoms with Crippen LogP contribution in [0.5, 0.6) is 0 Å². The van der Waals surface area contributed by atoms with Gasteiger partial charge in [0.1, 0.15) is 0 Å². The minimum absolute atomic E-state index is 0.0873. The molecule has 0 atom stereocenters. The van der Waals surface area contributed by atoms with Crippen molar-refractivity contribution in [2.24, 2.45) is 0 Å². The predicted octanol–water partition coefficient (Wildman–Crippen LogP) is 2.98. The number of pyridine rings is 1. The molecule has 0 aromatic carbocycles. The summed E-state index contributed by atoms with van der Waals surface area (Å²) in [6, 6.07) is 1.55. The summed E-state index contributed by atoms with van der Waals surface area (Å²) in [5, 5.41) is 8.82. The van der Waals surface area contributed by atoms with E-state index in [0.717, 1.165) is 0 Å². The second-order valence-electron chi connectivity index (χ2n) is 4.98. The van der Waals surface area contributed by atoms with E-state index in [9.17, 15) is 18.4 Å². The number of alkyl halides is 2. The highest BCUT2D eigenvalue weighted by Gasteiger charge is 2.36. The van der Waals surface area contributed by atoms with Gasteiger partial charge in [-0.2, -0.15) is 0 Å². The maximum atomic E-state index is 13.1. The fourth-order valence-corrected chi connectivity index (χ4v) is 2.60. The molecule has 0 unspecified atom stereocenters. The quantitative estimate of drug-likeness (QED) is 0.854. The first-order valence-electron chi connectivity index (χ1n) is 6.15. The zero-order valence-electron chi connectivity index (χ0n) is 10.5. The van der Waals surface area contributed by atoms with E-state index in [2.05, 4.69) is 0 Å². The Morgan fingerprint density at radius 1 is 1.42 bits per heavy atom. The zero-order chi connectivity index (χ0) is 14.2. The summed E-state index contributed by atoms with van der Waals surface area (Å²) in [6.07, 6.45) is 0.141. The first kappa shape index (κ1) is 13.7. The maximum absolute atomic E-state index is 13.1. The highest BCUT2D eigenvalue weighted by Crippen LogP contribution is 2.41. The van der Waals surface area contributed by atoms with E-state index in [1.807, 2.05) is 0 Å². The summed E-state index contributed by atoms with van der Waals surface area (Å²) in [5.41, 5.74) is 0.431. The molecule has 1 N–H and O–H groups in total. The third-order valence-corrected chi connectivity index (χ3v) is 3.74. The van der Waals surface area contributed by atoms with Gasteiger partial charge >= 0.3 is 6.09 Å². The molecule has 1 aliphatic carbocycles. The van der Waals surface area contributed by atoms with Crippen molar-refractivity contribution in [3.05, 3.63) is 33.7 Å². The van der Waals surface area contributed by atoms with Crippen molar-refractivity contribution in [3.63, 3.8) is 0 Å². The third kappa shape index (κ3) is 2.67. The van der Waals surface area contributed by atoms with E-state index < -0.39 is 17.6 Å². The summed E-state index contributed by atoms with van der Waals surface area (Å²) in [7, 11) is 0. The van der Waals surface area contributed by atoms with Crippen molar-refractivity contribution in [2.45, 2.75) is 44.4 Å². The summed E-state index contributed by atoms with van der Waals surface area (Å²) < 4.78 is 26.8. The van der Waals surface area contributed by atoms with Crippen molar-refractivity contribution in [2.75, 3.05) is 0 Å². The van der Waals surface area contributed by atoms with Crippen LogP contribution in [0.4, 0.5) is 13.6 Å². The first-order valence-corrected chi connectivity index (χ1v) is 6.15. The van der Waals surface area contributed by atoms with Gasteiger partial charge in [0.05, 0.1) is 0 Å². The Labute approximate surface area is 108 Å². The van der Waals surface area contributed by atoms with Gasteiger partial charge in [-0.15, -0.1) is 0 Å². The molecular formula is C13H15F2NO3. The molecule has 4 nitrogen and oxygen atoms in total. The molecule has 1 saturated carbocycles. The number of rotatable bonds is 1. The van der Waals surface area contributed by atoms with Gasteiger partial charge in [0, 0.05) is 24.6 Å². The lowest BCUT2D eigenvalue weighted by Crippen LogP contribution is -2.30. The number of carboxylic acid groups (broad SMARTS) is 1. The molecule has 0 aliphatic heterocycles. The summed E-state index contributed by atoms with van der Waals surface area (Å²) in [4.78, 5) is 22.6. The molecule has 104 valence electrons. The van der Waals surface area contributed by atoms with Gasteiger partial charge in [0.15, 0.2) is 0 Å². The van der Waals surface area contributed by atoms with Crippen LogP contribution >= 0.6 is 0 Å². The molecule has 0 amide bonds. The van der Waals surface area contributed by atoms with E-state index in [0.29, 0.717) is 28.5 Å². The summed E-state index contributed by atoms with van der Waals surface area (Å²) in [6.45, 7) is 1.55. The molecule has 2 rings (SSSR count). The van der Waals surface area contributed by atoms with Gasteiger partial charge < -0.3 is 5.11 Å². The normalized spacial score (nSPS) is 19.3. The van der Waals surface area contributed by atoms with Crippen LogP contribution < -0.4 is 5.56 Å². The Morgan fingerprint density at radius 2 is 2.00 bits per heavy atom. The van der Waals surface area contributed by atoms with Gasteiger partial charge in [0.25, 0.3) is 5.56 Å². The second-order valence-corrected chi connectivity index (χ2v) is 4.98. The molecule has 1 aromatic heterocycles. The Bertz CT molecular complexity index is 555. The molecule has 0 spiro atoms. The number of hydrogen-bond donors (Lipinski definition) is 1. The molecule has 19 heavy (non-hydrogen) atoms. The van der Waals surface area contributed by atoms with Crippen molar-refractivity contribution >= 4 is 6.09 Å².